The van der Waals surface area contributed by atoms with Crippen molar-refractivity contribution >= 4 is 5.91 Å². The van der Waals surface area contributed by atoms with Crippen molar-refractivity contribution in [3.8, 4) is 5.75 Å². The fourth-order valence-corrected chi connectivity index (χ4v) is 3.71. The molecule has 1 heterocycles. The normalized spacial score (nSPS) is 17.4. The smallest absolute Gasteiger partial charge is 0.237 e. The van der Waals surface area contributed by atoms with E-state index in [1.807, 2.05) is 19.9 Å². The lowest BCUT2D eigenvalue weighted by Gasteiger charge is -2.37. The van der Waals surface area contributed by atoms with Gasteiger partial charge in [-0.3, -0.25) is 14.6 Å². The highest BCUT2D eigenvalue weighted by Gasteiger charge is 2.26. The summed E-state index contributed by atoms with van der Waals surface area (Å²) in [6, 6.07) is 10.8. The highest BCUT2D eigenvalue weighted by atomic mass is 19.1. The fraction of sp³-hybridized carbons (Fsp3) is 0.435. The first-order valence-electron chi connectivity index (χ1n) is 10.2. The first-order chi connectivity index (χ1) is 14.4. The maximum Gasteiger partial charge on any atom is 0.237 e. The molecular formula is C23H29F2N3O2. The number of nitrogens with one attached hydrogen (secondary N) is 1. The molecule has 1 aliphatic heterocycles. The van der Waals surface area contributed by atoms with Gasteiger partial charge in [0.05, 0.1) is 19.2 Å². The maximum absolute atomic E-state index is 13.9. The largest absolute Gasteiger partial charge is 0.494 e. The highest BCUT2D eigenvalue weighted by Crippen LogP contribution is 2.20. The van der Waals surface area contributed by atoms with Crippen LogP contribution in [0.25, 0.3) is 0 Å². The summed E-state index contributed by atoms with van der Waals surface area (Å²) in [5.74, 6) is -0.439. The summed E-state index contributed by atoms with van der Waals surface area (Å²) in [5, 5.41) is 3.01. The molecule has 2 aromatic carbocycles. The van der Waals surface area contributed by atoms with Gasteiger partial charge in [-0.15, -0.1) is 0 Å². The second-order valence-corrected chi connectivity index (χ2v) is 7.74. The van der Waals surface area contributed by atoms with Gasteiger partial charge in [0.15, 0.2) is 11.6 Å². The number of ether oxygens (including phenoxy) is 1. The third-order valence-electron chi connectivity index (χ3n) is 5.69. The van der Waals surface area contributed by atoms with Crippen molar-refractivity contribution in [3.63, 3.8) is 0 Å². The third-order valence-corrected chi connectivity index (χ3v) is 5.69. The number of carbonyl (C=O) groups excluding carboxylic acids is 1. The second kappa shape index (κ2) is 10.00. The van der Waals surface area contributed by atoms with Crippen molar-refractivity contribution in [1.29, 1.82) is 0 Å². The van der Waals surface area contributed by atoms with Gasteiger partial charge in [-0.25, -0.2) is 8.78 Å². The van der Waals surface area contributed by atoms with Crippen molar-refractivity contribution in [3.05, 3.63) is 65.2 Å². The van der Waals surface area contributed by atoms with E-state index in [1.54, 1.807) is 18.2 Å². The molecule has 1 amide bonds. The third kappa shape index (κ3) is 5.55. The first-order valence-corrected chi connectivity index (χ1v) is 10.2. The van der Waals surface area contributed by atoms with Gasteiger partial charge in [0.25, 0.3) is 0 Å². The van der Waals surface area contributed by atoms with Gasteiger partial charge in [0.1, 0.15) is 5.82 Å². The number of hydrogen-bond donors (Lipinski definition) is 1. The van der Waals surface area contributed by atoms with Gasteiger partial charge in [0, 0.05) is 32.7 Å². The van der Waals surface area contributed by atoms with Crippen LogP contribution >= 0.6 is 0 Å². The molecule has 162 valence electrons. The summed E-state index contributed by atoms with van der Waals surface area (Å²) >= 11 is 0. The lowest BCUT2D eigenvalue weighted by molar-refractivity contribution is -0.127. The molecule has 1 aliphatic rings. The molecule has 0 aromatic heterocycles. The van der Waals surface area contributed by atoms with E-state index in [0.29, 0.717) is 6.54 Å². The van der Waals surface area contributed by atoms with Crippen molar-refractivity contribution in [2.75, 3.05) is 33.3 Å². The molecule has 2 atom stereocenters. The van der Waals surface area contributed by atoms with Crippen LogP contribution in [0.4, 0.5) is 8.78 Å². The fourth-order valence-electron chi connectivity index (χ4n) is 3.71. The molecule has 30 heavy (non-hydrogen) atoms. The Morgan fingerprint density at radius 1 is 1.07 bits per heavy atom. The molecule has 0 saturated carbocycles. The Morgan fingerprint density at radius 3 is 2.33 bits per heavy atom. The van der Waals surface area contributed by atoms with E-state index < -0.39 is 0 Å². The quantitative estimate of drug-likeness (QED) is 0.751. The minimum absolute atomic E-state index is 0.0440. The summed E-state index contributed by atoms with van der Waals surface area (Å²) in [6.07, 6.45) is 0. The topological polar surface area (TPSA) is 44.8 Å². The van der Waals surface area contributed by atoms with Crippen LogP contribution in [0.3, 0.4) is 0 Å². The molecule has 5 nitrogen and oxygen atoms in total. The zero-order valence-electron chi connectivity index (χ0n) is 17.7. The molecular weight excluding hydrogens is 388 g/mol. The number of amides is 1. The van der Waals surface area contributed by atoms with Crippen molar-refractivity contribution in [2.24, 2.45) is 0 Å². The number of halogens is 2. The van der Waals surface area contributed by atoms with Gasteiger partial charge in [-0.05, 0) is 49.2 Å². The minimum Gasteiger partial charge on any atom is -0.494 e. The molecule has 0 radical (unpaired) electrons. The standard InChI is InChI=1S/C23H29F2N3O2/c1-16(19-5-7-20(24)8-6-19)26-23(29)17(2)28-12-10-27(11-13-28)15-18-4-9-22(30-3)21(25)14-18/h4-9,14,16-17H,10-13,15H2,1-3H3,(H,26,29)/t16-,17+/m1/s1. The van der Waals surface area contributed by atoms with Crippen LogP contribution in [0.2, 0.25) is 0 Å². The van der Waals surface area contributed by atoms with E-state index in [1.165, 1.54) is 25.3 Å². The van der Waals surface area contributed by atoms with Crippen molar-refractivity contribution in [1.82, 2.24) is 15.1 Å². The molecule has 1 fully saturated rings. The first kappa shape index (κ1) is 22.2. The average Bonchev–Trinajstić information content (AvgIpc) is 2.74. The van der Waals surface area contributed by atoms with E-state index in [2.05, 4.69) is 15.1 Å². The summed E-state index contributed by atoms with van der Waals surface area (Å²) in [5.41, 5.74) is 1.77. The molecule has 1 N–H and O–H groups in total. The molecule has 3 rings (SSSR count). The lowest BCUT2D eigenvalue weighted by Crippen LogP contribution is -2.53. The van der Waals surface area contributed by atoms with Gasteiger partial charge in [0.2, 0.25) is 5.91 Å². The Bertz CT molecular complexity index is 852. The van der Waals surface area contributed by atoms with Crippen LogP contribution in [0, 0.1) is 11.6 Å². The zero-order valence-corrected chi connectivity index (χ0v) is 17.7. The number of benzene rings is 2. The number of hydrogen-bond acceptors (Lipinski definition) is 4. The van der Waals surface area contributed by atoms with Crippen LogP contribution in [0.1, 0.15) is 31.0 Å². The van der Waals surface area contributed by atoms with E-state index in [4.69, 9.17) is 4.74 Å². The molecule has 0 aliphatic carbocycles. The van der Waals surface area contributed by atoms with Gasteiger partial charge in [-0.2, -0.15) is 0 Å². The molecule has 2 aromatic rings. The summed E-state index contributed by atoms with van der Waals surface area (Å²) in [4.78, 5) is 17.1. The SMILES string of the molecule is COc1ccc(CN2CCN([C@@H](C)C(=O)N[C@H](C)c3ccc(F)cc3)CC2)cc1F. The highest BCUT2D eigenvalue weighted by molar-refractivity contribution is 5.81. The number of nitrogens with zero attached hydrogens (tertiary/aromatic N) is 2. The van der Waals surface area contributed by atoms with Crippen LogP contribution < -0.4 is 10.1 Å². The Kier molecular flexibility index (Phi) is 7.39. The van der Waals surface area contributed by atoms with E-state index in [-0.39, 0.29) is 35.4 Å². The van der Waals surface area contributed by atoms with Gasteiger partial charge >= 0.3 is 0 Å². The zero-order chi connectivity index (χ0) is 21.7. The molecule has 7 heteroatoms. The van der Waals surface area contributed by atoms with Crippen LogP contribution in [-0.2, 0) is 11.3 Å². The molecule has 0 spiro atoms. The molecule has 0 bridgehead atoms. The van der Waals surface area contributed by atoms with Crippen molar-refractivity contribution in [2.45, 2.75) is 32.5 Å². The molecule has 0 unspecified atom stereocenters. The Morgan fingerprint density at radius 2 is 1.73 bits per heavy atom. The lowest BCUT2D eigenvalue weighted by atomic mass is 10.1. The number of carbonyl (C=O) groups is 1. The Labute approximate surface area is 176 Å². The minimum atomic E-state index is -0.353. The van der Waals surface area contributed by atoms with E-state index in [9.17, 15) is 13.6 Å². The van der Waals surface area contributed by atoms with E-state index >= 15 is 0 Å². The van der Waals surface area contributed by atoms with Gasteiger partial charge < -0.3 is 10.1 Å². The monoisotopic (exact) mass is 417 g/mol. The van der Waals surface area contributed by atoms with Crippen LogP contribution in [-0.4, -0.2) is 55.0 Å². The second-order valence-electron chi connectivity index (χ2n) is 7.74. The van der Waals surface area contributed by atoms with E-state index in [0.717, 1.165) is 37.3 Å². The van der Waals surface area contributed by atoms with Crippen LogP contribution in [0.5, 0.6) is 5.75 Å². The number of rotatable bonds is 7. The maximum atomic E-state index is 13.9. The predicted molar refractivity (Wildman–Crippen MR) is 112 cm³/mol. The Balaban J connectivity index is 1.48. The number of piperazine rings is 1. The summed E-state index contributed by atoms with van der Waals surface area (Å²) < 4.78 is 31.9. The summed E-state index contributed by atoms with van der Waals surface area (Å²) in [7, 11) is 1.45. The summed E-state index contributed by atoms with van der Waals surface area (Å²) in [6.45, 7) is 7.59. The Hall–Kier alpha value is -2.51. The average molecular weight is 418 g/mol. The number of methoxy groups -OCH3 is 1. The molecule has 1 saturated heterocycles. The van der Waals surface area contributed by atoms with Crippen molar-refractivity contribution < 1.29 is 18.3 Å². The predicted octanol–water partition coefficient (Wildman–Crippen LogP) is 3.36. The van der Waals surface area contributed by atoms with Crippen LogP contribution in [0.15, 0.2) is 42.5 Å². The van der Waals surface area contributed by atoms with Gasteiger partial charge in [-0.1, -0.05) is 18.2 Å².